The normalized spacial score (nSPS) is 9.87. The van der Waals surface area contributed by atoms with E-state index in [9.17, 15) is 4.79 Å². The summed E-state index contributed by atoms with van der Waals surface area (Å²) in [5.74, 6) is 0.645. The first kappa shape index (κ1) is 9.86. The van der Waals surface area contributed by atoms with Crippen molar-refractivity contribution in [3.63, 3.8) is 0 Å². The van der Waals surface area contributed by atoms with Crippen molar-refractivity contribution in [2.75, 3.05) is 0 Å². The lowest BCUT2D eigenvalue weighted by molar-refractivity contribution is 0.112. The van der Waals surface area contributed by atoms with E-state index in [4.69, 9.17) is 4.74 Å². The zero-order valence-corrected chi connectivity index (χ0v) is 8.74. The lowest BCUT2D eigenvalue weighted by Gasteiger charge is -2.04. The highest BCUT2D eigenvalue weighted by Crippen LogP contribution is 2.23. The summed E-state index contributed by atoms with van der Waals surface area (Å²) in [6.45, 7) is 0.458. The van der Waals surface area contributed by atoms with Gasteiger partial charge in [0, 0.05) is 12.4 Å². The van der Waals surface area contributed by atoms with Crippen molar-refractivity contribution in [1.82, 2.24) is 4.98 Å². The molecule has 76 valence electrons. The van der Waals surface area contributed by atoms with Gasteiger partial charge in [-0.2, -0.15) is 0 Å². The van der Waals surface area contributed by atoms with E-state index in [0.29, 0.717) is 17.2 Å². The molecule has 15 heavy (non-hydrogen) atoms. The predicted octanol–water partition coefficient (Wildman–Crippen LogP) is 2.53. The Hall–Kier alpha value is -1.68. The van der Waals surface area contributed by atoms with Gasteiger partial charge in [0.2, 0.25) is 0 Å². The second-order valence-electron chi connectivity index (χ2n) is 2.91. The lowest BCUT2D eigenvalue weighted by Crippen LogP contribution is -1.95. The SMILES string of the molecule is O=Cc1sccc1OCc1ccncc1. The molecule has 0 bridgehead atoms. The summed E-state index contributed by atoms with van der Waals surface area (Å²) in [5.41, 5.74) is 1.04. The summed E-state index contributed by atoms with van der Waals surface area (Å²) in [4.78, 5) is 15.2. The van der Waals surface area contributed by atoms with Crippen molar-refractivity contribution in [2.24, 2.45) is 0 Å². The van der Waals surface area contributed by atoms with Crippen LogP contribution in [-0.2, 0) is 6.61 Å². The van der Waals surface area contributed by atoms with Crippen molar-refractivity contribution < 1.29 is 9.53 Å². The number of ether oxygens (including phenoxy) is 1. The maximum absolute atomic E-state index is 10.6. The van der Waals surface area contributed by atoms with E-state index in [1.54, 1.807) is 18.5 Å². The molecule has 2 rings (SSSR count). The Labute approximate surface area is 91.4 Å². The zero-order chi connectivity index (χ0) is 10.5. The number of rotatable bonds is 4. The second kappa shape index (κ2) is 4.70. The molecule has 2 heterocycles. The predicted molar refractivity (Wildman–Crippen MR) is 58.3 cm³/mol. The van der Waals surface area contributed by atoms with Gasteiger partial charge in [-0.1, -0.05) is 0 Å². The number of pyridine rings is 1. The molecule has 0 atom stereocenters. The molecule has 0 spiro atoms. The monoisotopic (exact) mass is 219 g/mol. The smallest absolute Gasteiger partial charge is 0.163 e. The molecule has 0 aliphatic carbocycles. The van der Waals surface area contributed by atoms with Crippen LogP contribution < -0.4 is 4.74 Å². The van der Waals surface area contributed by atoms with Crippen molar-refractivity contribution >= 4 is 17.6 Å². The quantitative estimate of drug-likeness (QED) is 0.742. The summed E-state index contributed by atoms with van der Waals surface area (Å²) < 4.78 is 5.51. The Balaban J connectivity index is 2.02. The molecule has 0 aliphatic heterocycles. The molecule has 3 nitrogen and oxygen atoms in total. The van der Waals surface area contributed by atoms with Crippen LogP contribution in [0.4, 0.5) is 0 Å². The maximum atomic E-state index is 10.6. The van der Waals surface area contributed by atoms with Gasteiger partial charge in [0.25, 0.3) is 0 Å². The van der Waals surface area contributed by atoms with Gasteiger partial charge >= 0.3 is 0 Å². The highest BCUT2D eigenvalue weighted by Gasteiger charge is 2.03. The van der Waals surface area contributed by atoms with Crippen LogP contribution in [0.15, 0.2) is 36.0 Å². The standard InChI is InChI=1S/C11H9NO2S/c13-7-11-10(3-6-15-11)14-8-9-1-4-12-5-2-9/h1-7H,8H2. The average Bonchev–Trinajstić information content (AvgIpc) is 2.75. The molecule has 2 aromatic rings. The molecule has 0 aliphatic rings. The number of carbonyl (C=O) groups excluding carboxylic acids is 1. The third-order valence-corrected chi connectivity index (χ3v) is 2.73. The van der Waals surface area contributed by atoms with E-state index in [-0.39, 0.29) is 0 Å². The van der Waals surface area contributed by atoms with Crippen molar-refractivity contribution in [3.05, 3.63) is 46.4 Å². The van der Waals surface area contributed by atoms with Crippen LogP contribution >= 0.6 is 11.3 Å². The topological polar surface area (TPSA) is 39.2 Å². The molecular formula is C11H9NO2S. The van der Waals surface area contributed by atoms with Gasteiger partial charge in [0.1, 0.15) is 17.2 Å². The molecule has 0 saturated carbocycles. The van der Waals surface area contributed by atoms with Gasteiger partial charge in [-0.05, 0) is 29.1 Å². The number of hydrogen-bond acceptors (Lipinski definition) is 4. The van der Waals surface area contributed by atoms with Crippen molar-refractivity contribution in [3.8, 4) is 5.75 Å². The van der Waals surface area contributed by atoms with Crippen LogP contribution in [0.5, 0.6) is 5.75 Å². The Morgan fingerprint density at radius 3 is 2.87 bits per heavy atom. The summed E-state index contributed by atoms with van der Waals surface area (Å²) >= 11 is 1.38. The van der Waals surface area contributed by atoms with Crippen LogP contribution in [0.3, 0.4) is 0 Å². The highest BCUT2D eigenvalue weighted by molar-refractivity contribution is 7.12. The molecule has 4 heteroatoms. The van der Waals surface area contributed by atoms with E-state index >= 15 is 0 Å². The molecular weight excluding hydrogens is 210 g/mol. The van der Waals surface area contributed by atoms with Crippen LogP contribution in [0.1, 0.15) is 15.2 Å². The number of nitrogens with zero attached hydrogens (tertiary/aromatic N) is 1. The lowest BCUT2D eigenvalue weighted by atomic mass is 10.3. The van der Waals surface area contributed by atoms with Crippen molar-refractivity contribution in [1.29, 1.82) is 0 Å². The maximum Gasteiger partial charge on any atom is 0.163 e. The number of aldehydes is 1. The molecule has 0 radical (unpaired) electrons. The molecule has 0 unspecified atom stereocenters. The van der Waals surface area contributed by atoms with Crippen LogP contribution in [-0.4, -0.2) is 11.3 Å². The zero-order valence-electron chi connectivity index (χ0n) is 7.92. The van der Waals surface area contributed by atoms with E-state index < -0.39 is 0 Å². The fraction of sp³-hybridized carbons (Fsp3) is 0.0909. The first-order valence-electron chi connectivity index (χ1n) is 4.44. The summed E-state index contributed by atoms with van der Waals surface area (Å²) in [5, 5.41) is 1.84. The fourth-order valence-corrected chi connectivity index (χ4v) is 1.79. The van der Waals surface area contributed by atoms with Gasteiger partial charge in [-0.15, -0.1) is 11.3 Å². The first-order valence-corrected chi connectivity index (χ1v) is 5.32. The van der Waals surface area contributed by atoms with E-state index in [2.05, 4.69) is 4.98 Å². The van der Waals surface area contributed by atoms with Gasteiger partial charge in [0.05, 0.1) is 0 Å². The van der Waals surface area contributed by atoms with E-state index in [0.717, 1.165) is 11.8 Å². The Morgan fingerprint density at radius 2 is 2.13 bits per heavy atom. The summed E-state index contributed by atoms with van der Waals surface area (Å²) in [6.07, 6.45) is 4.24. The molecule has 0 fully saturated rings. The Bertz CT molecular complexity index is 439. The first-order chi connectivity index (χ1) is 7.40. The minimum absolute atomic E-state index is 0.458. The Morgan fingerprint density at radius 1 is 1.33 bits per heavy atom. The van der Waals surface area contributed by atoms with Gasteiger partial charge < -0.3 is 4.74 Å². The highest BCUT2D eigenvalue weighted by atomic mass is 32.1. The molecule has 0 aromatic carbocycles. The third kappa shape index (κ3) is 2.41. The van der Waals surface area contributed by atoms with Crippen LogP contribution in [0.25, 0.3) is 0 Å². The van der Waals surface area contributed by atoms with Gasteiger partial charge in [0.15, 0.2) is 6.29 Å². The van der Waals surface area contributed by atoms with Crippen LogP contribution in [0, 0.1) is 0 Å². The molecule has 2 aromatic heterocycles. The number of hydrogen-bond donors (Lipinski definition) is 0. The average molecular weight is 219 g/mol. The Kier molecular flexibility index (Phi) is 3.09. The van der Waals surface area contributed by atoms with E-state index in [1.165, 1.54) is 11.3 Å². The summed E-state index contributed by atoms with van der Waals surface area (Å²) in [6, 6.07) is 5.56. The van der Waals surface area contributed by atoms with Crippen molar-refractivity contribution in [2.45, 2.75) is 6.61 Å². The third-order valence-electron chi connectivity index (χ3n) is 1.91. The molecule has 0 N–H and O–H groups in total. The number of aromatic nitrogens is 1. The number of thiophene rings is 1. The second-order valence-corrected chi connectivity index (χ2v) is 3.86. The minimum atomic E-state index is 0.458. The fourth-order valence-electron chi connectivity index (χ4n) is 1.15. The number of carbonyl (C=O) groups is 1. The summed E-state index contributed by atoms with van der Waals surface area (Å²) in [7, 11) is 0. The largest absolute Gasteiger partial charge is 0.487 e. The van der Waals surface area contributed by atoms with Gasteiger partial charge in [-0.3, -0.25) is 9.78 Å². The molecule has 0 saturated heterocycles. The molecule has 0 amide bonds. The minimum Gasteiger partial charge on any atom is -0.487 e. The van der Waals surface area contributed by atoms with Gasteiger partial charge in [-0.25, -0.2) is 0 Å². The van der Waals surface area contributed by atoms with E-state index in [1.807, 2.05) is 17.5 Å². The van der Waals surface area contributed by atoms with Crippen LogP contribution in [0.2, 0.25) is 0 Å².